The number of amides is 1. The zero-order valence-corrected chi connectivity index (χ0v) is 11.0. The molecule has 1 amide bonds. The number of nitro groups is 1. The topological polar surface area (TPSA) is 101 Å². The predicted octanol–water partition coefficient (Wildman–Crippen LogP) is 0.673. The van der Waals surface area contributed by atoms with Gasteiger partial charge in [0.1, 0.15) is 5.69 Å². The highest BCUT2D eigenvalue weighted by molar-refractivity contribution is 6.28. The number of nitrogens with zero attached hydrogens (tertiary/aromatic N) is 4. The van der Waals surface area contributed by atoms with Gasteiger partial charge in [-0.15, -0.1) is 0 Å². The van der Waals surface area contributed by atoms with Crippen LogP contribution in [0.4, 0.5) is 11.5 Å². The molecule has 0 bridgehead atoms. The number of anilines is 1. The van der Waals surface area contributed by atoms with E-state index in [9.17, 15) is 14.9 Å². The van der Waals surface area contributed by atoms with Crippen molar-refractivity contribution in [3.63, 3.8) is 0 Å². The molecule has 0 unspecified atom stereocenters. The van der Waals surface area contributed by atoms with Crippen molar-refractivity contribution in [3.05, 3.63) is 21.1 Å². The Labute approximate surface area is 113 Å². The highest BCUT2D eigenvalue weighted by Crippen LogP contribution is 2.30. The summed E-state index contributed by atoms with van der Waals surface area (Å²) in [5.41, 5.74) is 0.0438. The minimum atomic E-state index is -0.527. The highest BCUT2D eigenvalue weighted by atomic mass is 35.5. The second kappa shape index (κ2) is 5.35. The van der Waals surface area contributed by atoms with Crippen LogP contribution in [0.3, 0.4) is 0 Å². The Morgan fingerprint density at radius 2 is 2.16 bits per heavy atom. The lowest BCUT2D eigenvalue weighted by Crippen LogP contribution is -2.30. The minimum absolute atomic E-state index is 0.0402. The molecule has 19 heavy (non-hydrogen) atoms. The average Bonchev–Trinajstić information content (AvgIpc) is 2.52. The third-order valence-electron chi connectivity index (χ3n) is 2.81. The number of carbonyl (C=O) groups is 1. The van der Waals surface area contributed by atoms with Gasteiger partial charge in [-0.3, -0.25) is 14.9 Å². The first kappa shape index (κ1) is 13.5. The average molecular weight is 286 g/mol. The molecule has 2 rings (SSSR count). The van der Waals surface area contributed by atoms with Crippen LogP contribution in [-0.2, 0) is 4.79 Å². The van der Waals surface area contributed by atoms with Crippen molar-refractivity contribution in [1.29, 1.82) is 0 Å². The van der Waals surface area contributed by atoms with Gasteiger partial charge in [0.2, 0.25) is 17.0 Å². The lowest BCUT2D eigenvalue weighted by Gasteiger charge is -2.20. The molecule has 1 aliphatic heterocycles. The second-order valence-electron chi connectivity index (χ2n) is 4.09. The molecule has 0 aliphatic carbocycles. The standard InChI is InChI=1S/C10H12ClN5O3/c1-6-8(16(18)19)9(14-10(11)13-6)15-4-2-7(17)12-3-5-15/h2-5H2,1H3,(H,12,17). The van der Waals surface area contributed by atoms with Gasteiger partial charge >= 0.3 is 5.69 Å². The summed E-state index contributed by atoms with van der Waals surface area (Å²) in [4.78, 5) is 31.3. The fourth-order valence-corrected chi connectivity index (χ4v) is 2.14. The van der Waals surface area contributed by atoms with Gasteiger partial charge in [0.25, 0.3) is 0 Å². The first-order valence-electron chi connectivity index (χ1n) is 5.69. The molecule has 0 atom stereocenters. The van der Waals surface area contributed by atoms with E-state index in [4.69, 9.17) is 11.6 Å². The molecular formula is C10H12ClN5O3. The van der Waals surface area contributed by atoms with E-state index in [1.165, 1.54) is 6.92 Å². The van der Waals surface area contributed by atoms with E-state index in [1.54, 1.807) is 4.90 Å². The van der Waals surface area contributed by atoms with Crippen molar-refractivity contribution in [2.24, 2.45) is 0 Å². The number of aromatic nitrogens is 2. The maximum absolute atomic E-state index is 11.3. The first-order chi connectivity index (χ1) is 8.99. The molecule has 9 heteroatoms. The van der Waals surface area contributed by atoms with E-state index in [1.807, 2.05) is 0 Å². The van der Waals surface area contributed by atoms with Crippen LogP contribution < -0.4 is 10.2 Å². The quantitative estimate of drug-likeness (QED) is 0.487. The van der Waals surface area contributed by atoms with Crippen LogP contribution in [0.5, 0.6) is 0 Å². The summed E-state index contributed by atoms with van der Waals surface area (Å²) in [7, 11) is 0. The Morgan fingerprint density at radius 1 is 1.42 bits per heavy atom. The highest BCUT2D eigenvalue weighted by Gasteiger charge is 2.27. The maximum Gasteiger partial charge on any atom is 0.332 e. The van der Waals surface area contributed by atoms with Crippen LogP contribution in [-0.4, -0.2) is 40.4 Å². The summed E-state index contributed by atoms with van der Waals surface area (Å²) in [5, 5.41) is 13.8. The van der Waals surface area contributed by atoms with Crippen molar-refractivity contribution in [3.8, 4) is 0 Å². The molecule has 1 fully saturated rings. The maximum atomic E-state index is 11.3. The van der Waals surface area contributed by atoms with Gasteiger partial charge in [-0.1, -0.05) is 0 Å². The van der Waals surface area contributed by atoms with Crippen molar-refractivity contribution in [1.82, 2.24) is 15.3 Å². The molecule has 0 saturated carbocycles. The van der Waals surface area contributed by atoms with Gasteiger partial charge in [-0.2, -0.15) is 4.98 Å². The number of aryl methyl sites for hydroxylation is 1. The zero-order chi connectivity index (χ0) is 14.0. The second-order valence-corrected chi connectivity index (χ2v) is 4.43. The van der Waals surface area contributed by atoms with Crippen LogP contribution in [0.1, 0.15) is 12.1 Å². The van der Waals surface area contributed by atoms with Crippen molar-refractivity contribution in [2.75, 3.05) is 24.5 Å². The van der Waals surface area contributed by atoms with E-state index < -0.39 is 4.92 Å². The molecule has 1 aromatic rings. The van der Waals surface area contributed by atoms with Crippen LogP contribution in [0.25, 0.3) is 0 Å². The SMILES string of the molecule is Cc1nc(Cl)nc(N2CCNC(=O)CC2)c1[N+](=O)[O-]. The van der Waals surface area contributed by atoms with Crippen molar-refractivity contribution < 1.29 is 9.72 Å². The molecule has 1 saturated heterocycles. The van der Waals surface area contributed by atoms with E-state index in [0.717, 1.165) is 0 Å². The summed E-state index contributed by atoms with van der Waals surface area (Å²) in [6.45, 7) is 2.73. The fourth-order valence-electron chi connectivity index (χ4n) is 1.93. The van der Waals surface area contributed by atoms with E-state index in [0.29, 0.717) is 19.6 Å². The van der Waals surface area contributed by atoms with Gasteiger partial charge in [-0.05, 0) is 18.5 Å². The lowest BCUT2D eigenvalue weighted by molar-refractivity contribution is -0.385. The largest absolute Gasteiger partial charge is 0.354 e. The summed E-state index contributed by atoms with van der Waals surface area (Å²) in [6, 6.07) is 0. The summed E-state index contributed by atoms with van der Waals surface area (Å²) < 4.78 is 0. The van der Waals surface area contributed by atoms with Crippen molar-refractivity contribution >= 4 is 29.0 Å². The minimum Gasteiger partial charge on any atom is -0.354 e. The molecule has 1 aliphatic rings. The van der Waals surface area contributed by atoms with Gasteiger partial charge in [0.05, 0.1) is 4.92 Å². The third kappa shape index (κ3) is 2.90. The van der Waals surface area contributed by atoms with Gasteiger partial charge < -0.3 is 10.2 Å². The molecule has 0 spiro atoms. The van der Waals surface area contributed by atoms with Gasteiger partial charge in [0, 0.05) is 26.1 Å². The molecule has 0 aromatic carbocycles. The summed E-state index contributed by atoms with van der Waals surface area (Å²) >= 11 is 5.76. The molecule has 1 aromatic heterocycles. The number of hydrogen-bond donors (Lipinski definition) is 1. The summed E-state index contributed by atoms with van der Waals surface area (Å²) in [5.74, 6) is 0.0843. The third-order valence-corrected chi connectivity index (χ3v) is 2.98. The van der Waals surface area contributed by atoms with Gasteiger partial charge in [-0.25, -0.2) is 4.98 Å². The van der Waals surface area contributed by atoms with Gasteiger partial charge in [0.15, 0.2) is 0 Å². The Hall–Kier alpha value is -1.96. The van der Waals surface area contributed by atoms with E-state index in [-0.39, 0.29) is 34.8 Å². The Kier molecular flexibility index (Phi) is 3.79. The number of hydrogen-bond acceptors (Lipinski definition) is 6. The monoisotopic (exact) mass is 285 g/mol. The Balaban J connectivity index is 2.42. The van der Waals surface area contributed by atoms with Crippen LogP contribution in [0, 0.1) is 17.0 Å². The number of halogens is 1. The molecule has 1 N–H and O–H groups in total. The van der Waals surface area contributed by atoms with E-state index >= 15 is 0 Å². The van der Waals surface area contributed by atoms with Crippen LogP contribution in [0.2, 0.25) is 5.28 Å². The molecular weight excluding hydrogens is 274 g/mol. The molecule has 102 valence electrons. The van der Waals surface area contributed by atoms with Crippen LogP contribution in [0.15, 0.2) is 0 Å². The normalized spacial score (nSPS) is 15.9. The smallest absolute Gasteiger partial charge is 0.332 e. The zero-order valence-electron chi connectivity index (χ0n) is 10.2. The number of carbonyl (C=O) groups excluding carboxylic acids is 1. The number of nitrogens with one attached hydrogen (secondary N) is 1. The Bertz CT molecular complexity index is 536. The first-order valence-corrected chi connectivity index (χ1v) is 6.07. The molecule has 2 heterocycles. The van der Waals surface area contributed by atoms with Crippen LogP contribution >= 0.6 is 11.6 Å². The molecule has 8 nitrogen and oxygen atoms in total. The predicted molar refractivity (Wildman–Crippen MR) is 68.3 cm³/mol. The molecule has 0 radical (unpaired) electrons. The van der Waals surface area contributed by atoms with Crippen molar-refractivity contribution in [2.45, 2.75) is 13.3 Å². The fraction of sp³-hybridized carbons (Fsp3) is 0.500. The lowest BCUT2D eigenvalue weighted by atomic mass is 10.3. The number of rotatable bonds is 2. The van der Waals surface area contributed by atoms with E-state index in [2.05, 4.69) is 15.3 Å². The summed E-state index contributed by atoms with van der Waals surface area (Å²) in [6.07, 6.45) is 0.262. The Morgan fingerprint density at radius 3 is 2.84 bits per heavy atom.